The third-order valence-electron chi connectivity index (χ3n) is 3.45. The van der Waals surface area contributed by atoms with Crippen molar-refractivity contribution in [2.75, 3.05) is 26.9 Å². The number of benzene rings is 1. The zero-order chi connectivity index (χ0) is 13.7. The highest BCUT2D eigenvalue weighted by atomic mass is 16.5. The first-order chi connectivity index (χ1) is 9.20. The van der Waals surface area contributed by atoms with Gasteiger partial charge in [-0.05, 0) is 43.4 Å². The van der Waals surface area contributed by atoms with E-state index in [9.17, 15) is 5.11 Å². The highest BCUT2D eigenvalue weighted by Crippen LogP contribution is 2.29. The minimum atomic E-state index is 0.172. The average molecular weight is 265 g/mol. The van der Waals surface area contributed by atoms with Crippen molar-refractivity contribution in [2.24, 2.45) is 5.92 Å². The van der Waals surface area contributed by atoms with Gasteiger partial charge in [0.15, 0.2) is 11.5 Å². The van der Waals surface area contributed by atoms with E-state index in [1.165, 1.54) is 12.8 Å². The summed E-state index contributed by atoms with van der Waals surface area (Å²) in [7, 11) is 1.56. The van der Waals surface area contributed by atoms with Crippen molar-refractivity contribution in [1.29, 1.82) is 0 Å². The summed E-state index contributed by atoms with van der Waals surface area (Å²) in [6.45, 7) is 4.57. The van der Waals surface area contributed by atoms with Crippen LogP contribution in [0.5, 0.6) is 11.5 Å². The fraction of sp³-hybridized carbons (Fsp3) is 0.600. The lowest BCUT2D eigenvalue weighted by atomic mass is 10.1. The maximum Gasteiger partial charge on any atom is 0.160 e. The van der Waals surface area contributed by atoms with Gasteiger partial charge in [-0.15, -0.1) is 0 Å². The molecule has 0 aliphatic heterocycles. The number of rotatable bonds is 8. The number of nitrogens with one attached hydrogen (secondary N) is 1. The number of aromatic hydroxyl groups is 1. The first kappa shape index (κ1) is 14.2. The molecular weight excluding hydrogens is 242 g/mol. The summed E-state index contributed by atoms with van der Waals surface area (Å²) >= 11 is 0. The number of methoxy groups -OCH3 is 1. The Morgan fingerprint density at radius 1 is 1.42 bits per heavy atom. The molecule has 1 aromatic carbocycles. The van der Waals surface area contributed by atoms with Crippen LogP contribution in [0.1, 0.15) is 31.4 Å². The normalized spacial score (nSPS) is 16.3. The lowest BCUT2D eigenvalue weighted by Crippen LogP contribution is -2.23. The molecule has 1 atom stereocenters. The molecule has 0 bridgehead atoms. The molecule has 0 aromatic heterocycles. The Morgan fingerprint density at radius 2 is 2.21 bits per heavy atom. The molecule has 1 unspecified atom stereocenters. The second-order valence-electron chi connectivity index (χ2n) is 5.13. The Hall–Kier alpha value is -1.26. The Labute approximate surface area is 114 Å². The van der Waals surface area contributed by atoms with Crippen molar-refractivity contribution in [3.63, 3.8) is 0 Å². The zero-order valence-corrected chi connectivity index (χ0v) is 11.7. The molecule has 0 heterocycles. The van der Waals surface area contributed by atoms with Crippen LogP contribution in [0.15, 0.2) is 18.2 Å². The molecule has 1 aromatic rings. The van der Waals surface area contributed by atoms with Gasteiger partial charge in [-0.25, -0.2) is 0 Å². The molecule has 2 rings (SSSR count). The van der Waals surface area contributed by atoms with Crippen LogP contribution in [0.4, 0.5) is 0 Å². The van der Waals surface area contributed by atoms with Gasteiger partial charge in [0.1, 0.15) is 0 Å². The van der Waals surface area contributed by atoms with Gasteiger partial charge in [-0.1, -0.05) is 6.07 Å². The zero-order valence-electron chi connectivity index (χ0n) is 11.7. The van der Waals surface area contributed by atoms with Gasteiger partial charge in [-0.2, -0.15) is 0 Å². The van der Waals surface area contributed by atoms with Crippen molar-refractivity contribution in [2.45, 2.75) is 25.8 Å². The third-order valence-corrected chi connectivity index (χ3v) is 3.45. The van der Waals surface area contributed by atoms with E-state index in [4.69, 9.17) is 9.47 Å². The molecule has 2 N–H and O–H groups in total. The van der Waals surface area contributed by atoms with Gasteiger partial charge in [0.05, 0.1) is 13.7 Å². The van der Waals surface area contributed by atoms with Crippen molar-refractivity contribution < 1.29 is 14.6 Å². The highest BCUT2D eigenvalue weighted by Gasteiger charge is 2.20. The lowest BCUT2D eigenvalue weighted by Gasteiger charge is -2.15. The second-order valence-corrected chi connectivity index (χ2v) is 5.13. The Balaban J connectivity index is 1.73. The van der Waals surface area contributed by atoms with E-state index in [-0.39, 0.29) is 11.8 Å². The molecule has 1 aliphatic carbocycles. The van der Waals surface area contributed by atoms with Crippen molar-refractivity contribution in [3.05, 3.63) is 23.8 Å². The maximum absolute atomic E-state index is 9.56. The van der Waals surface area contributed by atoms with Crippen molar-refractivity contribution in [1.82, 2.24) is 5.32 Å². The van der Waals surface area contributed by atoms with Crippen LogP contribution < -0.4 is 10.1 Å². The molecule has 4 nitrogen and oxygen atoms in total. The van der Waals surface area contributed by atoms with Crippen LogP contribution in [-0.2, 0) is 4.74 Å². The number of ether oxygens (including phenoxy) is 2. The van der Waals surface area contributed by atoms with E-state index in [2.05, 4.69) is 12.2 Å². The van der Waals surface area contributed by atoms with Crippen LogP contribution >= 0.6 is 0 Å². The SMILES string of the molecule is COc1cc(C(C)NCCOCC2CC2)ccc1O. The van der Waals surface area contributed by atoms with Crippen molar-refractivity contribution in [3.8, 4) is 11.5 Å². The molecule has 1 fully saturated rings. The Morgan fingerprint density at radius 3 is 2.89 bits per heavy atom. The predicted molar refractivity (Wildman–Crippen MR) is 74.6 cm³/mol. The van der Waals surface area contributed by atoms with E-state index in [0.29, 0.717) is 5.75 Å². The second kappa shape index (κ2) is 6.78. The number of hydrogen-bond acceptors (Lipinski definition) is 4. The number of hydrogen-bond donors (Lipinski definition) is 2. The number of phenolic OH excluding ortho intramolecular Hbond substituents is 1. The largest absolute Gasteiger partial charge is 0.504 e. The van der Waals surface area contributed by atoms with Gasteiger partial charge in [-0.3, -0.25) is 0 Å². The minimum absolute atomic E-state index is 0.172. The van der Waals surface area contributed by atoms with E-state index in [0.717, 1.165) is 31.2 Å². The molecule has 106 valence electrons. The van der Waals surface area contributed by atoms with Crippen LogP contribution in [0, 0.1) is 5.92 Å². The van der Waals surface area contributed by atoms with Gasteiger partial charge in [0.25, 0.3) is 0 Å². The van der Waals surface area contributed by atoms with E-state index >= 15 is 0 Å². The molecule has 4 heteroatoms. The quantitative estimate of drug-likeness (QED) is 0.709. The van der Waals surface area contributed by atoms with Crippen LogP contribution in [0.3, 0.4) is 0 Å². The summed E-state index contributed by atoms with van der Waals surface area (Å²) in [5, 5.41) is 13.0. The Kier molecular flexibility index (Phi) is 5.05. The van der Waals surface area contributed by atoms with Gasteiger partial charge < -0.3 is 19.9 Å². The first-order valence-corrected chi connectivity index (χ1v) is 6.88. The molecule has 19 heavy (non-hydrogen) atoms. The van der Waals surface area contributed by atoms with E-state index < -0.39 is 0 Å². The summed E-state index contributed by atoms with van der Waals surface area (Å²) in [5.41, 5.74) is 1.09. The predicted octanol–water partition coefficient (Wildman–Crippen LogP) is 2.48. The van der Waals surface area contributed by atoms with Crippen LogP contribution in [-0.4, -0.2) is 32.0 Å². The van der Waals surface area contributed by atoms with Gasteiger partial charge >= 0.3 is 0 Å². The number of phenols is 1. The van der Waals surface area contributed by atoms with E-state index in [1.54, 1.807) is 13.2 Å². The van der Waals surface area contributed by atoms with Crippen molar-refractivity contribution >= 4 is 0 Å². The fourth-order valence-corrected chi connectivity index (χ4v) is 1.96. The third kappa shape index (κ3) is 4.40. The topological polar surface area (TPSA) is 50.7 Å². The summed E-state index contributed by atoms with van der Waals surface area (Å²) in [6.07, 6.45) is 2.66. The molecule has 1 aliphatic rings. The molecule has 0 radical (unpaired) electrons. The van der Waals surface area contributed by atoms with Crippen LogP contribution in [0.2, 0.25) is 0 Å². The first-order valence-electron chi connectivity index (χ1n) is 6.88. The molecule has 0 saturated heterocycles. The fourth-order valence-electron chi connectivity index (χ4n) is 1.96. The molecule has 0 spiro atoms. The molecule has 1 saturated carbocycles. The molecule has 0 amide bonds. The molecular formula is C15H23NO3. The smallest absolute Gasteiger partial charge is 0.160 e. The summed E-state index contributed by atoms with van der Waals surface area (Å²) < 4.78 is 10.7. The average Bonchev–Trinajstić information content (AvgIpc) is 3.22. The van der Waals surface area contributed by atoms with Crippen LogP contribution in [0.25, 0.3) is 0 Å². The summed E-state index contributed by atoms with van der Waals surface area (Å²) in [5.74, 6) is 1.50. The Bertz CT molecular complexity index is 404. The monoisotopic (exact) mass is 265 g/mol. The van der Waals surface area contributed by atoms with Gasteiger partial charge in [0, 0.05) is 19.2 Å². The summed E-state index contributed by atoms with van der Waals surface area (Å²) in [4.78, 5) is 0. The maximum atomic E-state index is 9.56. The summed E-state index contributed by atoms with van der Waals surface area (Å²) in [6, 6.07) is 5.63. The van der Waals surface area contributed by atoms with E-state index in [1.807, 2.05) is 12.1 Å². The lowest BCUT2D eigenvalue weighted by molar-refractivity contribution is 0.124. The highest BCUT2D eigenvalue weighted by molar-refractivity contribution is 5.42. The van der Waals surface area contributed by atoms with Gasteiger partial charge in [0.2, 0.25) is 0 Å². The standard InChI is InChI=1S/C15H23NO3/c1-11(16-7-8-19-10-12-3-4-12)13-5-6-14(17)15(9-13)18-2/h5-6,9,11-12,16-17H,3-4,7-8,10H2,1-2H3. The minimum Gasteiger partial charge on any atom is -0.504 e.